The van der Waals surface area contributed by atoms with E-state index in [0.717, 1.165) is 5.56 Å². The second kappa shape index (κ2) is 13.5. The summed E-state index contributed by atoms with van der Waals surface area (Å²) in [5, 5.41) is 9.64. The van der Waals surface area contributed by atoms with Gasteiger partial charge < -0.3 is 32.9 Å². The van der Waals surface area contributed by atoms with E-state index in [1.807, 2.05) is 48.5 Å². The van der Waals surface area contributed by atoms with E-state index in [2.05, 4.69) is 0 Å². The second-order valence-electron chi connectivity index (χ2n) is 9.56. The molecule has 0 aliphatic carbocycles. The fourth-order valence-electron chi connectivity index (χ4n) is 4.60. The van der Waals surface area contributed by atoms with E-state index in [9.17, 15) is 14.4 Å². The normalized spacial score (nSPS) is 10.6. The van der Waals surface area contributed by atoms with E-state index in [-0.39, 0.29) is 33.3 Å². The third kappa shape index (κ3) is 6.80. The lowest BCUT2D eigenvalue weighted by Crippen LogP contribution is -2.10. The Balaban J connectivity index is 0.000000200. The van der Waals surface area contributed by atoms with Gasteiger partial charge in [0.25, 0.3) is 0 Å². The van der Waals surface area contributed by atoms with Crippen molar-refractivity contribution in [2.45, 2.75) is 0 Å². The molecule has 4 aromatic carbocycles. The van der Waals surface area contributed by atoms with Gasteiger partial charge in [-0.3, -0.25) is 9.59 Å². The Morgan fingerprint density at radius 1 is 0.644 bits per heavy atom. The number of ether oxygens (including phenoxy) is 4. The number of methoxy groups -OCH3 is 3. The molecule has 0 unspecified atom stereocenters. The molecule has 0 fully saturated rings. The highest BCUT2D eigenvalue weighted by Gasteiger charge is 2.16. The largest absolute Gasteiger partial charge is 0.496 e. The van der Waals surface area contributed by atoms with Crippen molar-refractivity contribution in [3.8, 4) is 45.6 Å². The highest BCUT2D eigenvalue weighted by molar-refractivity contribution is 5.86. The van der Waals surface area contributed by atoms with Crippen molar-refractivity contribution >= 4 is 27.9 Å². The number of fused-ring (bicyclic) bond motifs is 2. The van der Waals surface area contributed by atoms with E-state index < -0.39 is 12.6 Å². The minimum Gasteiger partial charge on any atom is -0.496 e. The summed E-state index contributed by atoms with van der Waals surface area (Å²) in [6.07, 6.45) is 0. The lowest BCUT2D eigenvalue weighted by Gasteiger charge is -2.11. The van der Waals surface area contributed by atoms with Crippen LogP contribution in [-0.4, -0.2) is 39.0 Å². The number of aliphatic carboxylic acids is 1. The van der Waals surface area contributed by atoms with Gasteiger partial charge in [-0.05, 0) is 30.3 Å². The van der Waals surface area contributed by atoms with Crippen LogP contribution in [0.3, 0.4) is 0 Å². The zero-order chi connectivity index (χ0) is 31.9. The van der Waals surface area contributed by atoms with Crippen LogP contribution < -0.4 is 29.8 Å². The Morgan fingerprint density at radius 3 is 2.00 bits per heavy atom. The molecule has 1 N–H and O–H groups in total. The monoisotopic (exact) mass is 608 g/mol. The molecule has 0 atom stereocenters. The van der Waals surface area contributed by atoms with Gasteiger partial charge in [0.1, 0.15) is 39.6 Å². The first-order valence-electron chi connectivity index (χ1n) is 13.6. The number of carboxylic acids is 1. The van der Waals surface area contributed by atoms with Crippen LogP contribution in [0.25, 0.3) is 44.6 Å². The molecule has 0 saturated heterocycles. The van der Waals surface area contributed by atoms with Crippen LogP contribution in [0, 0.1) is 0 Å². The average Bonchev–Trinajstić information content (AvgIpc) is 3.07. The highest BCUT2D eigenvalue weighted by atomic mass is 16.5. The molecule has 0 aliphatic heterocycles. The lowest BCUT2D eigenvalue weighted by molar-refractivity contribution is -0.139. The maximum atomic E-state index is 12.7. The zero-order valence-corrected chi connectivity index (χ0v) is 24.6. The van der Waals surface area contributed by atoms with Crippen LogP contribution in [0.2, 0.25) is 0 Å². The summed E-state index contributed by atoms with van der Waals surface area (Å²) in [5.74, 6) is 1.24. The topological polar surface area (TPSA) is 135 Å². The molecule has 0 amide bonds. The Morgan fingerprint density at radius 2 is 1.29 bits per heavy atom. The summed E-state index contributed by atoms with van der Waals surface area (Å²) in [5.41, 5.74) is 2.03. The van der Waals surface area contributed by atoms with Crippen LogP contribution in [-0.2, 0) is 4.79 Å². The van der Waals surface area contributed by atoms with Gasteiger partial charge in [-0.15, -0.1) is 0 Å². The van der Waals surface area contributed by atoms with Crippen molar-refractivity contribution in [1.82, 2.24) is 0 Å². The number of carboxylic acid groups (broad SMARTS) is 1. The number of rotatable bonds is 8. The highest BCUT2D eigenvalue weighted by Crippen LogP contribution is 2.35. The second-order valence-corrected chi connectivity index (χ2v) is 9.56. The van der Waals surface area contributed by atoms with Gasteiger partial charge in [0.05, 0.1) is 26.7 Å². The molecule has 45 heavy (non-hydrogen) atoms. The minimum absolute atomic E-state index is 0.00861. The Bertz CT molecular complexity index is 2090. The smallest absolute Gasteiger partial charge is 0.341 e. The van der Waals surface area contributed by atoms with E-state index >= 15 is 0 Å². The van der Waals surface area contributed by atoms with Crippen LogP contribution in [0.1, 0.15) is 0 Å². The van der Waals surface area contributed by atoms with Crippen LogP contribution in [0.15, 0.2) is 115 Å². The summed E-state index contributed by atoms with van der Waals surface area (Å²) in [7, 11) is 4.44. The van der Waals surface area contributed by atoms with Crippen LogP contribution in [0.5, 0.6) is 23.0 Å². The molecule has 0 saturated carbocycles. The fourth-order valence-corrected chi connectivity index (χ4v) is 4.60. The van der Waals surface area contributed by atoms with E-state index in [1.54, 1.807) is 24.3 Å². The van der Waals surface area contributed by atoms with E-state index in [0.29, 0.717) is 39.6 Å². The molecule has 0 radical (unpaired) electrons. The molecule has 6 rings (SSSR count). The zero-order valence-electron chi connectivity index (χ0n) is 24.6. The van der Waals surface area contributed by atoms with Gasteiger partial charge in [-0.1, -0.05) is 42.5 Å². The summed E-state index contributed by atoms with van der Waals surface area (Å²) in [4.78, 5) is 35.3. The fraction of sp³-hybridized carbons (Fsp3) is 0.114. The average molecular weight is 609 g/mol. The molecule has 0 bridgehead atoms. The molecule has 10 heteroatoms. The van der Waals surface area contributed by atoms with Crippen molar-refractivity contribution in [3.63, 3.8) is 0 Å². The Hall–Kier alpha value is -6.03. The molecule has 2 aromatic heterocycles. The van der Waals surface area contributed by atoms with Gasteiger partial charge in [-0.25, -0.2) is 4.79 Å². The lowest BCUT2D eigenvalue weighted by atomic mass is 10.1. The maximum absolute atomic E-state index is 12.7. The number of para-hydroxylation sites is 1. The first kappa shape index (κ1) is 30.4. The molecule has 6 aromatic rings. The number of carbonyl (C=O) groups is 1. The number of benzene rings is 4. The summed E-state index contributed by atoms with van der Waals surface area (Å²) < 4.78 is 32.6. The van der Waals surface area contributed by atoms with Gasteiger partial charge >= 0.3 is 5.97 Å². The summed E-state index contributed by atoms with van der Waals surface area (Å²) >= 11 is 0. The summed E-state index contributed by atoms with van der Waals surface area (Å²) in [6, 6.07) is 27.8. The molecule has 0 spiro atoms. The van der Waals surface area contributed by atoms with Crippen molar-refractivity contribution in [1.29, 1.82) is 0 Å². The van der Waals surface area contributed by atoms with Crippen molar-refractivity contribution in [3.05, 3.63) is 118 Å². The molecular weight excluding hydrogens is 580 g/mol. The van der Waals surface area contributed by atoms with Gasteiger partial charge in [0.2, 0.25) is 0 Å². The number of hydrogen-bond donors (Lipinski definition) is 1. The number of hydrogen-bond acceptors (Lipinski definition) is 9. The molecule has 2 heterocycles. The van der Waals surface area contributed by atoms with Crippen molar-refractivity contribution in [2.24, 2.45) is 0 Å². The van der Waals surface area contributed by atoms with E-state index in [1.165, 1.54) is 45.6 Å². The molecular formula is C35H28O10. The summed E-state index contributed by atoms with van der Waals surface area (Å²) in [6.45, 7) is -0.533. The third-order valence-electron chi connectivity index (χ3n) is 6.71. The SMILES string of the molecule is COc1ccc(-c2cc(=O)c3c(OC)cc(OCC(=O)O)cc3o2)cc1OC.O=c1cc(-c2ccccc2)oc2ccccc12. The van der Waals surface area contributed by atoms with Crippen LogP contribution >= 0.6 is 0 Å². The molecule has 10 nitrogen and oxygen atoms in total. The Kier molecular flexibility index (Phi) is 9.14. The van der Waals surface area contributed by atoms with Crippen molar-refractivity contribution < 1.29 is 37.7 Å². The van der Waals surface area contributed by atoms with Gasteiger partial charge in [-0.2, -0.15) is 0 Å². The predicted octanol–water partition coefficient (Wildman–Crippen LogP) is 6.41. The van der Waals surface area contributed by atoms with Gasteiger partial charge in [0, 0.05) is 35.4 Å². The van der Waals surface area contributed by atoms with Gasteiger partial charge in [0.15, 0.2) is 29.0 Å². The minimum atomic E-state index is -1.13. The maximum Gasteiger partial charge on any atom is 0.341 e. The standard InChI is InChI=1S/C20H18O8.C15H10O2/c1-24-14-5-4-11(6-16(14)25-2)15-9-13(21)20-17(26-3)7-12(8-18(20)28-15)27-10-19(22)23;16-13-10-15(11-6-2-1-3-7-11)17-14-9-5-4-8-12(13)14/h4-9H,10H2,1-3H3,(H,22,23);1-10H. The van der Waals surface area contributed by atoms with Crippen LogP contribution in [0.4, 0.5) is 0 Å². The quantitative estimate of drug-likeness (QED) is 0.207. The predicted molar refractivity (Wildman–Crippen MR) is 169 cm³/mol. The first-order valence-corrected chi connectivity index (χ1v) is 13.6. The van der Waals surface area contributed by atoms with Crippen molar-refractivity contribution in [2.75, 3.05) is 27.9 Å². The Labute approximate surface area is 256 Å². The molecule has 0 aliphatic rings. The third-order valence-corrected chi connectivity index (χ3v) is 6.71. The molecule has 228 valence electrons. The van der Waals surface area contributed by atoms with E-state index in [4.69, 9.17) is 32.9 Å². The first-order chi connectivity index (χ1) is 21.8.